The molecule has 0 bridgehead atoms. The van der Waals surface area contributed by atoms with Crippen molar-refractivity contribution in [3.05, 3.63) is 23.8 Å². The number of methoxy groups -OCH3 is 3. The van der Waals surface area contributed by atoms with Gasteiger partial charge in [0.25, 0.3) is 0 Å². The molecular weight excluding hydrogens is 260 g/mol. The largest absolute Gasteiger partial charge is 0.497 e. The number of urea groups is 1. The summed E-state index contributed by atoms with van der Waals surface area (Å²) in [5.74, 6) is 1.39. The Kier molecular flexibility index (Phi) is 6.66. The first-order valence-electron chi connectivity index (χ1n) is 6.35. The SMILES string of the molecule is COCC(C)NC(=O)NCc1ccc(OC)cc1OC. The second kappa shape index (κ2) is 8.27. The first-order valence-corrected chi connectivity index (χ1v) is 6.35. The third kappa shape index (κ3) is 4.97. The van der Waals surface area contributed by atoms with Crippen molar-refractivity contribution in [2.24, 2.45) is 0 Å². The van der Waals surface area contributed by atoms with E-state index in [0.29, 0.717) is 24.7 Å². The summed E-state index contributed by atoms with van der Waals surface area (Å²) < 4.78 is 15.3. The lowest BCUT2D eigenvalue weighted by Crippen LogP contribution is -2.42. The molecule has 0 fully saturated rings. The van der Waals surface area contributed by atoms with Gasteiger partial charge in [-0.15, -0.1) is 0 Å². The van der Waals surface area contributed by atoms with Crippen LogP contribution < -0.4 is 20.1 Å². The second-order valence-electron chi connectivity index (χ2n) is 4.36. The zero-order valence-corrected chi connectivity index (χ0v) is 12.4. The molecule has 0 heterocycles. The van der Waals surface area contributed by atoms with Crippen LogP contribution in [-0.4, -0.2) is 40.0 Å². The normalized spacial score (nSPS) is 11.6. The summed E-state index contributed by atoms with van der Waals surface area (Å²) >= 11 is 0. The quantitative estimate of drug-likeness (QED) is 0.796. The highest BCUT2D eigenvalue weighted by Crippen LogP contribution is 2.24. The Morgan fingerprint density at radius 2 is 2.00 bits per heavy atom. The number of hydrogen-bond acceptors (Lipinski definition) is 4. The molecule has 112 valence electrons. The van der Waals surface area contributed by atoms with E-state index >= 15 is 0 Å². The Hall–Kier alpha value is -1.95. The zero-order valence-electron chi connectivity index (χ0n) is 12.4. The van der Waals surface area contributed by atoms with Gasteiger partial charge < -0.3 is 24.8 Å². The van der Waals surface area contributed by atoms with Gasteiger partial charge in [-0.05, 0) is 19.1 Å². The van der Waals surface area contributed by atoms with Gasteiger partial charge in [-0.2, -0.15) is 0 Å². The maximum Gasteiger partial charge on any atom is 0.315 e. The van der Waals surface area contributed by atoms with Crippen LogP contribution in [0.15, 0.2) is 18.2 Å². The molecule has 1 aromatic carbocycles. The maximum absolute atomic E-state index is 11.7. The first-order chi connectivity index (χ1) is 9.60. The minimum atomic E-state index is -0.243. The molecule has 0 saturated carbocycles. The monoisotopic (exact) mass is 282 g/mol. The Labute approximate surface area is 119 Å². The number of hydrogen-bond donors (Lipinski definition) is 2. The van der Waals surface area contributed by atoms with Crippen LogP contribution in [0.25, 0.3) is 0 Å². The molecule has 0 spiro atoms. The number of benzene rings is 1. The lowest BCUT2D eigenvalue weighted by atomic mass is 10.2. The highest BCUT2D eigenvalue weighted by atomic mass is 16.5. The number of carbonyl (C=O) groups excluding carboxylic acids is 1. The van der Waals surface area contributed by atoms with E-state index in [1.54, 1.807) is 27.4 Å². The summed E-state index contributed by atoms with van der Waals surface area (Å²) in [6.07, 6.45) is 0. The molecule has 1 unspecified atom stereocenters. The van der Waals surface area contributed by atoms with Crippen molar-refractivity contribution in [3.63, 3.8) is 0 Å². The zero-order chi connectivity index (χ0) is 15.0. The van der Waals surface area contributed by atoms with E-state index in [4.69, 9.17) is 14.2 Å². The van der Waals surface area contributed by atoms with Crippen LogP contribution in [0.3, 0.4) is 0 Å². The Balaban J connectivity index is 2.54. The molecule has 6 nitrogen and oxygen atoms in total. The van der Waals surface area contributed by atoms with E-state index in [-0.39, 0.29) is 12.1 Å². The summed E-state index contributed by atoms with van der Waals surface area (Å²) in [5, 5.41) is 5.54. The van der Waals surface area contributed by atoms with Crippen LogP contribution in [-0.2, 0) is 11.3 Å². The fourth-order valence-electron chi connectivity index (χ4n) is 1.74. The van der Waals surface area contributed by atoms with Crippen LogP contribution in [0.1, 0.15) is 12.5 Å². The molecule has 20 heavy (non-hydrogen) atoms. The van der Waals surface area contributed by atoms with Gasteiger partial charge in [0.2, 0.25) is 0 Å². The molecule has 1 atom stereocenters. The van der Waals surface area contributed by atoms with E-state index in [9.17, 15) is 4.79 Å². The topological polar surface area (TPSA) is 68.8 Å². The number of ether oxygens (including phenoxy) is 3. The van der Waals surface area contributed by atoms with E-state index < -0.39 is 0 Å². The van der Waals surface area contributed by atoms with Crippen molar-refractivity contribution >= 4 is 6.03 Å². The minimum absolute atomic E-state index is 0.0437. The second-order valence-corrected chi connectivity index (χ2v) is 4.36. The Bertz CT molecular complexity index is 437. The van der Waals surface area contributed by atoms with Crippen LogP contribution in [0, 0.1) is 0 Å². The predicted octanol–water partition coefficient (Wildman–Crippen LogP) is 1.54. The molecule has 2 N–H and O–H groups in total. The standard InChI is InChI=1S/C14H22N2O4/c1-10(9-18-2)16-14(17)15-8-11-5-6-12(19-3)7-13(11)20-4/h5-7,10H,8-9H2,1-4H3,(H2,15,16,17). The van der Waals surface area contributed by atoms with E-state index in [2.05, 4.69) is 10.6 Å². The van der Waals surface area contributed by atoms with Gasteiger partial charge in [-0.25, -0.2) is 4.79 Å². The summed E-state index contributed by atoms with van der Waals surface area (Å²) in [6.45, 7) is 2.72. The van der Waals surface area contributed by atoms with Gasteiger partial charge >= 0.3 is 6.03 Å². The molecular formula is C14H22N2O4. The van der Waals surface area contributed by atoms with Crippen LogP contribution in [0.5, 0.6) is 11.5 Å². The Morgan fingerprint density at radius 3 is 2.60 bits per heavy atom. The molecule has 0 saturated heterocycles. The van der Waals surface area contributed by atoms with Gasteiger partial charge in [0.1, 0.15) is 11.5 Å². The highest BCUT2D eigenvalue weighted by molar-refractivity contribution is 5.74. The van der Waals surface area contributed by atoms with Crippen LogP contribution in [0.4, 0.5) is 4.79 Å². The van der Waals surface area contributed by atoms with Gasteiger partial charge in [-0.3, -0.25) is 0 Å². The van der Waals surface area contributed by atoms with Crippen molar-refractivity contribution in [3.8, 4) is 11.5 Å². The number of nitrogens with one attached hydrogen (secondary N) is 2. The smallest absolute Gasteiger partial charge is 0.315 e. The fraction of sp³-hybridized carbons (Fsp3) is 0.500. The van der Waals surface area contributed by atoms with Crippen molar-refractivity contribution in [2.45, 2.75) is 19.5 Å². The molecule has 0 aliphatic carbocycles. The van der Waals surface area contributed by atoms with Gasteiger partial charge in [0.15, 0.2) is 0 Å². The van der Waals surface area contributed by atoms with Crippen molar-refractivity contribution in [1.29, 1.82) is 0 Å². The molecule has 0 aliphatic rings. The van der Waals surface area contributed by atoms with Crippen molar-refractivity contribution < 1.29 is 19.0 Å². The van der Waals surface area contributed by atoms with E-state index in [1.807, 2.05) is 19.1 Å². The summed E-state index contributed by atoms with van der Waals surface area (Å²) in [4.78, 5) is 11.7. The maximum atomic E-state index is 11.7. The number of rotatable bonds is 7. The average Bonchev–Trinajstić information content (AvgIpc) is 2.45. The van der Waals surface area contributed by atoms with Crippen molar-refractivity contribution in [2.75, 3.05) is 27.9 Å². The molecule has 1 rings (SSSR count). The molecule has 0 aliphatic heterocycles. The van der Waals surface area contributed by atoms with E-state index in [1.165, 1.54) is 0 Å². The number of amides is 2. The first kappa shape index (κ1) is 16.1. The van der Waals surface area contributed by atoms with E-state index in [0.717, 1.165) is 5.56 Å². The molecule has 0 radical (unpaired) electrons. The molecule has 1 aromatic rings. The number of carbonyl (C=O) groups is 1. The lowest BCUT2D eigenvalue weighted by molar-refractivity contribution is 0.171. The lowest BCUT2D eigenvalue weighted by Gasteiger charge is -2.15. The summed E-state index contributed by atoms with van der Waals surface area (Å²) in [7, 11) is 4.77. The molecule has 0 aromatic heterocycles. The minimum Gasteiger partial charge on any atom is -0.497 e. The third-order valence-electron chi connectivity index (χ3n) is 2.73. The van der Waals surface area contributed by atoms with Gasteiger partial charge in [0.05, 0.1) is 26.9 Å². The van der Waals surface area contributed by atoms with Crippen LogP contribution >= 0.6 is 0 Å². The molecule has 2 amide bonds. The van der Waals surface area contributed by atoms with Crippen LogP contribution in [0.2, 0.25) is 0 Å². The summed E-state index contributed by atoms with van der Waals surface area (Å²) in [5.41, 5.74) is 0.878. The third-order valence-corrected chi connectivity index (χ3v) is 2.73. The predicted molar refractivity (Wildman–Crippen MR) is 76.3 cm³/mol. The van der Waals surface area contributed by atoms with Gasteiger partial charge in [0, 0.05) is 25.3 Å². The molecule has 6 heteroatoms. The Morgan fingerprint density at radius 1 is 1.25 bits per heavy atom. The summed E-state index contributed by atoms with van der Waals surface area (Å²) in [6, 6.07) is 5.18. The van der Waals surface area contributed by atoms with Crippen molar-refractivity contribution in [1.82, 2.24) is 10.6 Å². The average molecular weight is 282 g/mol. The highest BCUT2D eigenvalue weighted by Gasteiger charge is 2.09. The van der Waals surface area contributed by atoms with Gasteiger partial charge in [-0.1, -0.05) is 0 Å². The fourth-order valence-corrected chi connectivity index (χ4v) is 1.74.